The highest BCUT2D eigenvalue weighted by molar-refractivity contribution is 6.17. The number of hydrogen-bond donors (Lipinski definition) is 0. The van der Waals surface area contributed by atoms with E-state index in [9.17, 15) is 13.2 Å². The molecule has 0 saturated heterocycles. The van der Waals surface area contributed by atoms with Crippen LogP contribution in [-0.4, -0.2) is 12.1 Å². The lowest BCUT2D eigenvalue weighted by molar-refractivity contribution is -0.135. The van der Waals surface area contributed by atoms with Crippen molar-refractivity contribution in [1.82, 2.24) is 0 Å². The molecule has 0 atom stereocenters. The van der Waals surface area contributed by atoms with Crippen molar-refractivity contribution in [2.75, 3.05) is 5.88 Å². The molecule has 0 aromatic rings. The first-order valence-corrected chi connectivity index (χ1v) is 3.72. The number of unbranched alkanes of at least 4 members (excludes halogenated alkanes) is 2. The second kappa shape index (κ2) is 4.83. The van der Waals surface area contributed by atoms with Crippen LogP contribution in [0.5, 0.6) is 0 Å². The predicted octanol–water partition coefficient (Wildman–Crippen LogP) is 3.35. The quantitative estimate of drug-likeness (QED) is 0.453. The molecule has 0 aliphatic carbocycles. The van der Waals surface area contributed by atoms with Crippen LogP contribution in [0.1, 0.15) is 25.7 Å². The molecule has 0 aliphatic heterocycles. The van der Waals surface area contributed by atoms with E-state index in [1.807, 2.05) is 0 Å². The molecule has 0 nitrogen and oxygen atoms in total. The molecule has 0 unspecified atom stereocenters. The predicted molar refractivity (Wildman–Crippen MR) is 35.2 cm³/mol. The van der Waals surface area contributed by atoms with Crippen LogP contribution in [-0.2, 0) is 0 Å². The largest absolute Gasteiger partial charge is 0.389 e. The molecule has 0 rings (SSSR count). The van der Waals surface area contributed by atoms with Crippen molar-refractivity contribution in [3.8, 4) is 0 Å². The van der Waals surface area contributed by atoms with Crippen LogP contribution in [0.25, 0.3) is 0 Å². The summed E-state index contributed by atoms with van der Waals surface area (Å²) in [4.78, 5) is 0. The van der Waals surface area contributed by atoms with Gasteiger partial charge in [-0.25, -0.2) is 0 Å². The Labute approximate surface area is 63.4 Å². The average Bonchev–Trinajstić information content (AvgIpc) is 1.78. The molecule has 0 aromatic heterocycles. The van der Waals surface area contributed by atoms with Crippen LogP contribution in [0.2, 0.25) is 0 Å². The van der Waals surface area contributed by atoms with Crippen LogP contribution >= 0.6 is 11.6 Å². The van der Waals surface area contributed by atoms with Crippen molar-refractivity contribution in [2.24, 2.45) is 0 Å². The zero-order valence-electron chi connectivity index (χ0n) is 5.55. The maximum absolute atomic E-state index is 11.4. The number of halogens is 4. The summed E-state index contributed by atoms with van der Waals surface area (Å²) < 4.78 is 34.3. The highest BCUT2D eigenvalue weighted by Gasteiger charge is 2.25. The molecule has 10 heavy (non-hydrogen) atoms. The highest BCUT2D eigenvalue weighted by atomic mass is 35.5. The summed E-state index contributed by atoms with van der Waals surface area (Å²) in [5.41, 5.74) is 0. The fraction of sp³-hybridized carbons (Fsp3) is 1.00. The maximum Gasteiger partial charge on any atom is 0.389 e. The lowest BCUT2D eigenvalue weighted by Gasteiger charge is -2.03. The molecule has 0 aliphatic rings. The fourth-order valence-electron chi connectivity index (χ4n) is 0.597. The summed E-state index contributed by atoms with van der Waals surface area (Å²) >= 11 is 5.27. The lowest BCUT2D eigenvalue weighted by Crippen LogP contribution is -2.06. The van der Waals surface area contributed by atoms with E-state index in [1.54, 1.807) is 0 Å². The smallest absolute Gasteiger partial charge is 0.171 e. The van der Waals surface area contributed by atoms with Gasteiger partial charge in [0.25, 0.3) is 0 Å². The zero-order valence-corrected chi connectivity index (χ0v) is 6.30. The Balaban J connectivity index is 3.04. The Bertz CT molecular complexity index is 79.6. The Morgan fingerprint density at radius 1 is 1.00 bits per heavy atom. The fourth-order valence-corrected chi connectivity index (χ4v) is 0.786. The van der Waals surface area contributed by atoms with Gasteiger partial charge in [-0.3, -0.25) is 0 Å². The summed E-state index contributed by atoms with van der Waals surface area (Å²) in [6.45, 7) is 0. The monoisotopic (exact) mass is 174 g/mol. The Morgan fingerprint density at radius 3 is 2.00 bits per heavy atom. The van der Waals surface area contributed by atoms with Crippen LogP contribution in [0.3, 0.4) is 0 Å². The third kappa shape index (κ3) is 8.08. The Morgan fingerprint density at radius 2 is 1.60 bits per heavy atom. The molecule has 0 fully saturated rings. The van der Waals surface area contributed by atoms with Crippen LogP contribution in [0.15, 0.2) is 0 Å². The van der Waals surface area contributed by atoms with E-state index >= 15 is 0 Å². The van der Waals surface area contributed by atoms with Crippen molar-refractivity contribution in [2.45, 2.75) is 31.9 Å². The molecule has 0 spiro atoms. The molecule has 0 saturated carbocycles. The van der Waals surface area contributed by atoms with E-state index in [0.717, 1.165) is 0 Å². The van der Waals surface area contributed by atoms with Gasteiger partial charge in [0, 0.05) is 12.3 Å². The second-order valence-electron chi connectivity index (χ2n) is 2.11. The summed E-state index contributed by atoms with van der Waals surface area (Å²) in [6.07, 6.45) is -3.22. The molecule has 0 heterocycles. The zero-order chi connectivity index (χ0) is 8.04. The van der Waals surface area contributed by atoms with E-state index < -0.39 is 12.6 Å². The minimum atomic E-state index is -3.99. The number of alkyl halides is 4. The van der Waals surface area contributed by atoms with Crippen LogP contribution in [0, 0.1) is 0 Å². The van der Waals surface area contributed by atoms with E-state index in [0.29, 0.717) is 18.7 Å². The van der Waals surface area contributed by atoms with Gasteiger partial charge >= 0.3 is 6.18 Å². The number of hydrogen-bond acceptors (Lipinski definition) is 0. The summed E-state index contributed by atoms with van der Waals surface area (Å²) in [5, 5.41) is 0. The van der Waals surface area contributed by atoms with Gasteiger partial charge in [-0.1, -0.05) is 6.42 Å². The third-order valence-electron chi connectivity index (χ3n) is 1.09. The first-order chi connectivity index (χ1) is 4.56. The summed E-state index contributed by atoms with van der Waals surface area (Å²) in [6, 6.07) is 0. The van der Waals surface area contributed by atoms with Crippen LogP contribution in [0.4, 0.5) is 13.2 Å². The van der Waals surface area contributed by atoms with E-state index in [2.05, 4.69) is 0 Å². The van der Waals surface area contributed by atoms with E-state index in [-0.39, 0.29) is 6.42 Å². The van der Waals surface area contributed by atoms with Crippen molar-refractivity contribution in [3.63, 3.8) is 0 Å². The van der Waals surface area contributed by atoms with Gasteiger partial charge in [0.15, 0.2) is 0 Å². The SMILES string of the molecule is FC(F)(F)CCCCCCl. The molecule has 0 radical (unpaired) electrons. The standard InChI is InChI=1S/C6H10ClF3/c7-5-3-1-2-4-6(8,9)10/h1-5H2. The first-order valence-electron chi connectivity index (χ1n) is 3.19. The molecule has 4 heteroatoms. The topological polar surface area (TPSA) is 0 Å². The minimum absolute atomic E-state index is 0.205. The Hall–Kier alpha value is 0.0800. The second-order valence-corrected chi connectivity index (χ2v) is 2.49. The van der Waals surface area contributed by atoms with Gasteiger partial charge < -0.3 is 0 Å². The summed E-state index contributed by atoms with van der Waals surface area (Å²) in [5.74, 6) is 0.456. The molecule has 0 amide bonds. The molecular weight excluding hydrogens is 165 g/mol. The molecule has 0 N–H and O–H groups in total. The van der Waals surface area contributed by atoms with E-state index in [4.69, 9.17) is 11.6 Å². The van der Waals surface area contributed by atoms with Gasteiger partial charge in [0.1, 0.15) is 0 Å². The normalized spacial score (nSPS) is 12.0. The maximum atomic E-state index is 11.4. The number of rotatable bonds is 4. The third-order valence-corrected chi connectivity index (χ3v) is 1.36. The molecule has 62 valence electrons. The van der Waals surface area contributed by atoms with Crippen molar-refractivity contribution in [1.29, 1.82) is 0 Å². The summed E-state index contributed by atoms with van der Waals surface area (Å²) in [7, 11) is 0. The lowest BCUT2D eigenvalue weighted by atomic mass is 10.2. The van der Waals surface area contributed by atoms with Gasteiger partial charge in [0.05, 0.1) is 0 Å². The van der Waals surface area contributed by atoms with Crippen molar-refractivity contribution < 1.29 is 13.2 Å². The van der Waals surface area contributed by atoms with Gasteiger partial charge in [0.2, 0.25) is 0 Å². The minimum Gasteiger partial charge on any atom is -0.171 e. The first kappa shape index (κ1) is 10.1. The molecule has 0 bridgehead atoms. The highest BCUT2D eigenvalue weighted by Crippen LogP contribution is 2.22. The van der Waals surface area contributed by atoms with Crippen molar-refractivity contribution in [3.05, 3.63) is 0 Å². The van der Waals surface area contributed by atoms with Gasteiger partial charge in [-0.05, 0) is 12.8 Å². The molecular formula is C6H10ClF3. The average molecular weight is 175 g/mol. The van der Waals surface area contributed by atoms with Gasteiger partial charge in [-0.15, -0.1) is 11.6 Å². The van der Waals surface area contributed by atoms with Gasteiger partial charge in [-0.2, -0.15) is 13.2 Å². The van der Waals surface area contributed by atoms with E-state index in [1.165, 1.54) is 0 Å². The molecule has 0 aromatic carbocycles. The van der Waals surface area contributed by atoms with Crippen LogP contribution < -0.4 is 0 Å². The van der Waals surface area contributed by atoms with Crippen molar-refractivity contribution >= 4 is 11.6 Å². The Kier molecular flexibility index (Phi) is 4.87.